The largest absolute Gasteiger partial charge is 0.361 e. The minimum Gasteiger partial charge on any atom is -0.361 e. The lowest BCUT2D eigenvalue weighted by Gasteiger charge is -2.46. The number of carbonyl (C=O) groups excluding carboxylic acids is 2. The van der Waals surface area contributed by atoms with E-state index in [4.69, 9.17) is 4.52 Å². The minimum absolute atomic E-state index is 0.0993. The number of hydrogen-bond acceptors (Lipinski definition) is 4. The van der Waals surface area contributed by atoms with Crippen LogP contribution in [0.25, 0.3) is 0 Å². The average Bonchev–Trinajstić information content (AvgIpc) is 3.06. The first kappa shape index (κ1) is 15.1. The molecule has 5 atom stereocenters. The first-order chi connectivity index (χ1) is 11.1. The van der Waals surface area contributed by atoms with Gasteiger partial charge in [-0.1, -0.05) is 5.16 Å². The Labute approximate surface area is 137 Å². The Morgan fingerprint density at radius 1 is 0.957 bits per heavy atom. The normalized spacial score (nSPS) is 36.9. The Hall–Kier alpha value is -1.45. The highest BCUT2D eigenvalue weighted by Gasteiger charge is 2.50. The quantitative estimate of drug-likeness (QED) is 0.839. The highest BCUT2D eigenvalue weighted by Crippen LogP contribution is 2.53. The van der Waals surface area contributed by atoms with Gasteiger partial charge in [-0.05, 0) is 63.7 Å². The van der Waals surface area contributed by atoms with Crippen molar-refractivity contribution in [2.75, 3.05) is 0 Å². The summed E-state index contributed by atoms with van der Waals surface area (Å²) in [5.41, 5.74) is 2.04. The number of ketones is 2. The molecule has 0 radical (unpaired) electrons. The Morgan fingerprint density at radius 2 is 1.70 bits per heavy atom. The molecular weight excluding hydrogens is 290 g/mol. The molecule has 4 nitrogen and oxygen atoms in total. The monoisotopic (exact) mass is 315 g/mol. The van der Waals surface area contributed by atoms with Gasteiger partial charge in [-0.3, -0.25) is 9.59 Å². The van der Waals surface area contributed by atoms with Crippen molar-refractivity contribution in [1.82, 2.24) is 5.16 Å². The number of carbonyl (C=O) groups is 2. The van der Waals surface area contributed by atoms with Crippen molar-refractivity contribution < 1.29 is 14.1 Å². The zero-order chi connectivity index (χ0) is 16.1. The molecule has 1 aromatic heterocycles. The number of rotatable bonds is 2. The van der Waals surface area contributed by atoms with Crippen LogP contribution in [0.4, 0.5) is 0 Å². The van der Waals surface area contributed by atoms with Crippen LogP contribution in [0.1, 0.15) is 55.5 Å². The van der Waals surface area contributed by atoms with Crippen molar-refractivity contribution in [3.05, 3.63) is 17.0 Å². The average molecular weight is 315 g/mol. The maximum Gasteiger partial charge on any atom is 0.137 e. The Kier molecular flexibility index (Phi) is 3.66. The van der Waals surface area contributed by atoms with Crippen molar-refractivity contribution in [2.45, 2.75) is 58.8 Å². The molecule has 0 bridgehead atoms. The molecule has 0 saturated heterocycles. The van der Waals surface area contributed by atoms with E-state index in [1.165, 1.54) is 0 Å². The second-order valence-electron chi connectivity index (χ2n) is 7.80. The number of Topliss-reactive ketones (excluding diaryl/α,β-unsaturated/α-hetero) is 2. The molecule has 124 valence electrons. The molecule has 0 aliphatic heterocycles. The van der Waals surface area contributed by atoms with Crippen LogP contribution in [0.2, 0.25) is 0 Å². The van der Waals surface area contributed by atoms with E-state index in [1.807, 2.05) is 13.8 Å². The molecule has 0 spiro atoms. The third-order valence-electron chi connectivity index (χ3n) is 6.83. The summed E-state index contributed by atoms with van der Waals surface area (Å²) in [6.07, 6.45) is 6.31. The van der Waals surface area contributed by atoms with E-state index in [2.05, 4.69) is 5.16 Å². The van der Waals surface area contributed by atoms with Crippen LogP contribution in [0.3, 0.4) is 0 Å². The van der Waals surface area contributed by atoms with E-state index in [0.717, 1.165) is 55.5 Å². The van der Waals surface area contributed by atoms with Gasteiger partial charge in [0, 0.05) is 30.2 Å². The molecule has 0 aromatic carbocycles. The van der Waals surface area contributed by atoms with E-state index in [1.54, 1.807) is 0 Å². The molecule has 0 N–H and O–H groups in total. The second kappa shape index (κ2) is 5.57. The van der Waals surface area contributed by atoms with Crippen LogP contribution in [-0.2, 0) is 16.0 Å². The summed E-state index contributed by atoms with van der Waals surface area (Å²) < 4.78 is 5.29. The van der Waals surface area contributed by atoms with Crippen molar-refractivity contribution in [2.24, 2.45) is 29.6 Å². The number of fused-ring (bicyclic) bond motifs is 3. The van der Waals surface area contributed by atoms with Crippen molar-refractivity contribution in [3.8, 4) is 0 Å². The van der Waals surface area contributed by atoms with Gasteiger partial charge in [0.05, 0.1) is 5.69 Å². The number of nitrogens with zero attached hydrogens (tertiary/aromatic N) is 1. The molecule has 3 saturated carbocycles. The zero-order valence-corrected chi connectivity index (χ0v) is 14.0. The van der Waals surface area contributed by atoms with Gasteiger partial charge < -0.3 is 4.52 Å². The molecular formula is C19H25NO3. The van der Waals surface area contributed by atoms with Crippen molar-refractivity contribution in [3.63, 3.8) is 0 Å². The van der Waals surface area contributed by atoms with E-state index in [9.17, 15) is 9.59 Å². The Bertz CT molecular complexity index is 628. The molecule has 3 aliphatic carbocycles. The maximum absolute atomic E-state index is 12.6. The lowest BCUT2D eigenvalue weighted by molar-refractivity contribution is -0.132. The van der Waals surface area contributed by atoms with Crippen LogP contribution < -0.4 is 0 Å². The summed E-state index contributed by atoms with van der Waals surface area (Å²) in [4.78, 5) is 24.7. The van der Waals surface area contributed by atoms with Gasteiger partial charge in [-0.2, -0.15) is 0 Å². The van der Waals surface area contributed by atoms with Crippen LogP contribution in [0.15, 0.2) is 4.52 Å². The van der Waals surface area contributed by atoms with Gasteiger partial charge in [0.1, 0.15) is 17.3 Å². The fraction of sp³-hybridized carbons (Fsp3) is 0.737. The van der Waals surface area contributed by atoms with Gasteiger partial charge >= 0.3 is 0 Å². The predicted molar refractivity (Wildman–Crippen MR) is 84.8 cm³/mol. The van der Waals surface area contributed by atoms with E-state index < -0.39 is 0 Å². The third kappa shape index (κ3) is 2.38. The second-order valence-corrected chi connectivity index (χ2v) is 7.80. The summed E-state index contributed by atoms with van der Waals surface area (Å²) in [7, 11) is 0. The highest BCUT2D eigenvalue weighted by molar-refractivity contribution is 5.85. The van der Waals surface area contributed by atoms with Gasteiger partial charge in [0.15, 0.2) is 0 Å². The molecule has 1 heterocycles. The molecule has 0 amide bonds. The van der Waals surface area contributed by atoms with Crippen LogP contribution in [0.5, 0.6) is 0 Å². The number of hydrogen-bond donors (Lipinski definition) is 0. The summed E-state index contributed by atoms with van der Waals surface area (Å²) >= 11 is 0. The topological polar surface area (TPSA) is 60.2 Å². The van der Waals surface area contributed by atoms with Gasteiger partial charge in [0.25, 0.3) is 0 Å². The van der Waals surface area contributed by atoms with Crippen molar-refractivity contribution in [1.29, 1.82) is 0 Å². The third-order valence-corrected chi connectivity index (χ3v) is 6.83. The lowest BCUT2D eigenvalue weighted by Crippen LogP contribution is -2.44. The summed E-state index contributed by atoms with van der Waals surface area (Å²) in [5.74, 6) is 3.71. The minimum atomic E-state index is 0.0993. The summed E-state index contributed by atoms with van der Waals surface area (Å²) in [6, 6.07) is 0. The number of aromatic nitrogens is 1. The van der Waals surface area contributed by atoms with Crippen LogP contribution >= 0.6 is 0 Å². The zero-order valence-electron chi connectivity index (χ0n) is 14.0. The molecule has 4 rings (SSSR count). The number of aryl methyl sites for hydroxylation is 2. The van der Waals surface area contributed by atoms with E-state index in [0.29, 0.717) is 41.7 Å². The molecule has 3 aliphatic rings. The fourth-order valence-electron chi connectivity index (χ4n) is 5.66. The van der Waals surface area contributed by atoms with E-state index in [-0.39, 0.29) is 5.92 Å². The smallest absolute Gasteiger partial charge is 0.137 e. The van der Waals surface area contributed by atoms with E-state index >= 15 is 0 Å². The van der Waals surface area contributed by atoms with Crippen molar-refractivity contribution >= 4 is 11.6 Å². The molecule has 1 aromatic rings. The first-order valence-electron chi connectivity index (χ1n) is 9.03. The summed E-state index contributed by atoms with van der Waals surface area (Å²) in [5, 5.41) is 4.04. The molecule has 3 fully saturated rings. The molecule has 23 heavy (non-hydrogen) atoms. The SMILES string of the molecule is Cc1noc(C)c1CC1C(=O)CCC2C3CCC(=O)C3CCC12. The van der Waals surface area contributed by atoms with Gasteiger partial charge in [0.2, 0.25) is 0 Å². The van der Waals surface area contributed by atoms with Gasteiger partial charge in [-0.15, -0.1) is 0 Å². The van der Waals surface area contributed by atoms with Gasteiger partial charge in [-0.25, -0.2) is 0 Å². The Balaban J connectivity index is 1.59. The summed E-state index contributed by atoms with van der Waals surface area (Å²) in [6.45, 7) is 3.90. The molecule has 4 heteroatoms. The first-order valence-corrected chi connectivity index (χ1v) is 9.03. The Morgan fingerprint density at radius 3 is 2.43 bits per heavy atom. The maximum atomic E-state index is 12.6. The fourth-order valence-corrected chi connectivity index (χ4v) is 5.66. The predicted octanol–water partition coefficient (Wildman–Crippen LogP) is 3.43. The standard InChI is InChI=1S/C19H25NO3/c1-10-16(11(2)23-20-10)9-17-14-3-4-15-13(6-7-18(15)21)12(14)5-8-19(17)22/h12-15,17H,3-9H2,1-2H3. The van der Waals surface area contributed by atoms with Crippen LogP contribution in [0, 0.1) is 43.4 Å². The molecule has 5 unspecified atom stereocenters. The lowest BCUT2D eigenvalue weighted by atomic mass is 9.57. The van der Waals surface area contributed by atoms with Crippen LogP contribution in [-0.4, -0.2) is 16.7 Å². The highest BCUT2D eigenvalue weighted by atomic mass is 16.5.